The molecule has 36 heavy (non-hydrogen) atoms. The first kappa shape index (κ1) is 23.2. The molecule has 0 aromatic carbocycles. The smallest absolute Gasteiger partial charge is 0.411 e. The van der Waals surface area contributed by atoms with Crippen molar-refractivity contribution in [3.05, 3.63) is 82.8 Å². The van der Waals surface area contributed by atoms with Crippen LogP contribution in [0.4, 0.5) is 13.2 Å². The zero-order valence-corrected chi connectivity index (χ0v) is 18.8. The molecule has 1 atom stereocenters. The highest BCUT2D eigenvalue weighted by Crippen LogP contribution is 2.34. The zero-order valence-electron chi connectivity index (χ0n) is 18.8. The van der Waals surface area contributed by atoms with Crippen LogP contribution in [0.25, 0.3) is 17.7 Å². The highest BCUT2D eigenvalue weighted by atomic mass is 19.4. The molecule has 0 saturated heterocycles. The van der Waals surface area contributed by atoms with Crippen molar-refractivity contribution in [1.29, 1.82) is 0 Å². The average molecular weight is 496 g/mol. The van der Waals surface area contributed by atoms with Gasteiger partial charge in [-0.2, -0.15) is 13.2 Å². The Morgan fingerprint density at radius 1 is 1.19 bits per heavy atom. The van der Waals surface area contributed by atoms with E-state index in [0.717, 1.165) is 17.5 Å². The average Bonchev–Trinajstić information content (AvgIpc) is 3.52. The summed E-state index contributed by atoms with van der Waals surface area (Å²) in [5.41, 5.74) is 7.74. The Balaban J connectivity index is 1.49. The van der Waals surface area contributed by atoms with Crippen LogP contribution in [-0.4, -0.2) is 47.5 Å². The molecular weight excluding hydrogens is 477 g/mol. The minimum Gasteiger partial charge on any atom is -0.411 e. The van der Waals surface area contributed by atoms with Crippen molar-refractivity contribution in [2.45, 2.75) is 25.6 Å². The molecule has 0 saturated carbocycles. The fourth-order valence-electron chi connectivity index (χ4n) is 3.97. The van der Waals surface area contributed by atoms with Crippen molar-refractivity contribution < 1.29 is 22.4 Å². The number of pyridine rings is 2. The second kappa shape index (κ2) is 8.91. The van der Waals surface area contributed by atoms with Gasteiger partial charge in [0.2, 0.25) is 0 Å². The van der Waals surface area contributed by atoms with Crippen LogP contribution in [0.5, 0.6) is 0 Å². The molecule has 0 fully saturated rings. The van der Waals surface area contributed by atoms with Gasteiger partial charge in [-0.25, -0.2) is 15.0 Å². The monoisotopic (exact) mass is 496 g/mol. The number of aryl methyl sites for hydroxylation is 1. The molecule has 1 amide bonds. The molecule has 0 spiro atoms. The van der Waals surface area contributed by atoms with E-state index in [4.69, 9.17) is 10.2 Å². The zero-order chi connectivity index (χ0) is 25.4. The number of nitrogens with one attached hydrogen (secondary N) is 1. The summed E-state index contributed by atoms with van der Waals surface area (Å²) >= 11 is 0. The molecule has 184 valence electrons. The predicted molar refractivity (Wildman–Crippen MR) is 120 cm³/mol. The second-order valence-electron chi connectivity index (χ2n) is 8.08. The van der Waals surface area contributed by atoms with Crippen LogP contribution in [0.1, 0.15) is 45.2 Å². The van der Waals surface area contributed by atoms with Crippen molar-refractivity contribution >= 4 is 12.0 Å². The van der Waals surface area contributed by atoms with Gasteiger partial charge in [0.25, 0.3) is 5.89 Å². The number of hydrogen-bond acceptors (Lipinski definition) is 8. The minimum atomic E-state index is -4.61. The summed E-state index contributed by atoms with van der Waals surface area (Å²) in [5.74, 6) is -0.802. The number of fused-ring (bicyclic) bond motifs is 1. The number of carbonyl (C=O) groups is 1. The lowest BCUT2D eigenvalue weighted by molar-refractivity contribution is -0.141. The van der Waals surface area contributed by atoms with E-state index >= 15 is 0 Å². The summed E-state index contributed by atoms with van der Waals surface area (Å²) in [6, 6.07) is 7.86. The molecule has 1 unspecified atom stereocenters. The standard InChI is InChI=1S/C23H19F3N8O2/c1-12-4-2-6-16(30-12)20-32-33-21(36-20)22(35)34-9-8-15-18(29-11-28-15)19(34)14(27)10-13-5-3-7-17(31-13)23(24,25)26/h2-7,10-11,19H,8-9,27H2,1H3,(H,28,29)/b14-10-. The molecular formula is C23H19F3N8O2. The highest BCUT2D eigenvalue weighted by Gasteiger charge is 2.37. The Kier molecular flexibility index (Phi) is 5.74. The van der Waals surface area contributed by atoms with E-state index in [9.17, 15) is 18.0 Å². The third-order valence-electron chi connectivity index (χ3n) is 5.59. The van der Waals surface area contributed by atoms with Crippen LogP contribution in [0.15, 0.2) is 52.8 Å². The van der Waals surface area contributed by atoms with Crippen LogP contribution in [-0.2, 0) is 12.6 Å². The van der Waals surface area contributed by atoms with Gasteiger partial charge in [-0.3, -0.25) is 4.79 Å². The number of amides is 1. The number of aromatic nitrogens is 6. The molecule has 1 aliphatic heterocycles. The molecule has 4 aromatic heterocycles. The lowest BCUT2D eigenvalue weighted by Crippen LogP contribution is -2.42. The number of carbonyl (C=O) groups excluding carboxylic acids is 1. The Hall–Kier alpha value is -4.55. The third kappa shape index (κ3) is 4.42. The number of nitrogens with zero attached hydrogens (tertiary/aromatic N) is 6. The fraction of sp³-hybridized carbons (Fsp3) is 0.217. The van der Waals surface area contributed by atoms with E-state index < -0.39 is 23.8 Å². The van der Waals surface area contributed by atoms with E-state index in [1.807, 2.05) is 0 Å². The van der Waals surface area contributed by atoms with Gasteiger partial charge in [-0.1, -0.05) is 12.1 Å². The number of halogens is 3. The van der Waals surface area contributed by atoms with Gasteiger partial charge in [0.1, 0.15) is 17.4 Å². The summed E-state index contributed by atoms with van der Waals surface area (Å²) in [5, 5.41) is 7.82. The molecule has 0 bridgehead atoms. The molecule has 5 heterocycles. The highest BCUT2D eigenvalue weighted by molar-refractivity contribution is 5.90. The summed E-state index contributed by atoms with van der Waals surface area (Å²) in [6.07, 6.45) is -1.40. The summed E-state index contributed by atoms with van der Waals surface area (Å²) < 4.78 is 44.9. The number of rotatable bonds is 4. The SMILES string of the molecule is Cc1cccc(-c2nnc(C(=O)N3CCc4[nH]cnc4C3/C(N)=C/c3cccc(C(F)(F)F)n3)o2)n1. The van der Waals surface area contributed by atoms with Crippen LogP contribution in [0.3, 0.4) is 0 Å². The van der Waals surface area contributed by atoms with Gasteiger partial charge < -0.3 is 20.0 Å². The van der Waals surface area contributed by atoms with Gasteiger partial charge >= 0.3 is 18.0 Å². The first-order valence-electron chi connectivity index (χ1n) is 10.8. The van der Waals surface area contributed by atoms with Gasteiger partial charge in [0, 0.05) is 30.1 Å². The Labute approximate surface area is 202 Å². The maximum atomic E-state index is 13.4. The molecule has 3 N–H and O–H groups in total. The molecule has 0 radical (unpaired) electrons. The van der Waals surface area contributed by atoms with E-state index in [1.165, 1.54) is 29.4 Å². The van der Waals surface area contributed by atoms with E-state index in [2.05, 4.69) is 30.1 Å². The maximum absolute atomic E-state index is 13.4. The number of alkyl halides is 3. The summed E-state index contributed by atoms with van der Waals surface area (Å²) in [6.45, 7) is 2.03. The number of imidazole rings is 1. The molecule has 13 heteroatoms. The Morgan fingerprint density at radius 3 is 2.78 bits per heavy atom. The quantitative estimate of drug-likeness (QED) is 0.439. The van der Waals surface area contributed by atoms with Crippen LogP contribution in [0, 0.1) is 6.92 Å². The maximum Gasteiger partial charge on any atom is 0.433 e. The van der Waals surface area contributed by atoms with Gasteiger partial charge in [-0.15, -0.1) is 10.2 Å². The first-order chi connectivity index (χ1) is 17.2. The lowest BCUT2D eigenvalue weighted by atomic mass is 9.99. The number of nitrogens with two attached hydrogens (primary N) is 1. The van der Waals surface area contributed by atoms with Crippen LogP contribution < -0.4 is 5.73 Å². The molecule has 10 nitrogen and oxygen atoms in total. The van der Waals surface area contributed by atoms with E-state index in [1.54, 1.807) is 25.1 Å². The Morgan fingerprint density at radius 2 is 2.00 bits per heavy atom. The van der Waals surface area contributed by atoms with Crippen molar-refractivity contribution in [2.75, 3.05) is 6.54 Å². The Bertz CT molecular complexity index is 1460. The molecule has 1 aliphatic rings. The number of H-pyrrole nitrogens is 1. The normalized spacial score (nSPS) is 16.2. The predicted octanol–water partition coefficient (Wildman–Crippen LogP) is 3.32. The number of hydrogen-bond donors (Lipinski definition) is 2. The molecule has 5 rings (SSSR count). The minimum absolute atomic E-state index is 0.0111. The largest absolute Gasteiger partial charge is 0.433 e. The van der Waals surface area contributed by atoms with Gasteiger partial charge in [0.15, 0.2) is 0 Å². The summed E-state index contributed by atoms with van der Waals surface area (Å²) in [4.78, 5) is 30.1. The topological polar surface area (TPSA) is 140 Å². The molecule has 0 aliphatic carbocycles. The van der Waals surface area contributed by atoms with Crippen molar-refractivity contribution in [3.63, 3.8) is 0 Å². The lowest BCUT2D eigenvalue weighted by Gasteiger charge is -2.34. The van der Waals surface area contributed by atoms with Crippen LogP contribution in [0.2, 0.25) is 0 Å². The van der Waals surface area contributed by atoms with Crippen molar-refractivity contribution in [3.8, 4) is 11.6 Å². The van der Waals surface area contributed by atoms with Gasteiger partial charge in [0.05, 0.1) is 17.7 Å². The van der Waals surface area contributed by atoms with E-state index in [-0.39, 0.29) is 29.7 Å². The van der Waals surface area contributed by atoms with Crippen molar-refractivity contribution in [2.24, 2.45) is 5.73 Å². The van der Waals surface area contributed by atoms with Crippen LogP contribution >= 0.6 is 0 Å². The fourth-order valence-corrected chi connectivity index (χ4v) is 3.97. The molecule has 4 aromatic rings. The summed E-state index contributed by atoms with van der Waals surface area (Å²) in [7, 11) is 0. The van der Waals surface area contributed by atoms with Crippen molar-refractivity contribution in [1.82, 2.24) is 35.0 Å². The van der Waals surface area contributed by atoms with E-state index in [0.29, 0.717) is 17.8 Å². The second-order valence-corrected chi connectivity index (χ2v) is 8.08. The van der Waals surface area contributed by atoms with Gasteiger partial charge in [-0.05, 0) is 37.3 Å². The first-order valence-corrected chi connectivity index (χ1v) is 10.8. The number of aromatic amines is 1. The third-order valence-corrected chi connectivity index (χ3v) is 5.59.